The molecular weight excluding hydrogens is 458 g/mol. The molecule has 0 bridgehead atoms. The maximum Gasteiger partial charge on any atom is 0.508 e. The van der Waals surface area contributed by atoms with Crippen LogP contribution in [0.5, 0.6) is 11.5 Å². The lowest BCUT2D eigenvalue weighted by Gasteiger charge is -2.20. The van der Waals surface area contributed by atoms with Crippen molar-refractivity contribution in [2.24, 2.45) is 0 Å². The highest BCUT2D eigenvalue weighted by molar-refractivity contribution is 5.77. The van der Waals surface area contributed by atoms with Gasteiger partial charge in [0, 0.05) is 19.4 Å². The SMILES string of the molecule is CCCC(=O)Oc1ccc(C[C@H](NCC(C)OC(=O)OC(C)CC)C(=O)O)cc1OC(=O)CCC. The molecule has 3 atom stereocenters. The number of nitrogens with one attached hydrogen (secondary N) is 1. The normalized spacial score (nSPS) is 13.3. The maximum absolute atomic E-state index is 12.0. The lowest BCUT2D eigenvalue weighted by Crippen LogP contribution is -2.42. The highest BCUT2D eigenvalue weighted by Crippen LogP contribution is 2.30. The second kappa shape index (κ2) is 15.7. The van der Waals surface area contributed by atoms with Gasteiger partial charge in [-0.1, -0.05) is 26.8 Å². The van der Waals surface area contributed by atoms with Crippen molar-refractivity contribution in [3.63, 3.8) is 0 Å². The van der Waals surface area contributed by atoms with Crippen molar-refractivity contribution in [3.8, 4) is 11.5 Å². The van der Waals surface area contributed by atoms with Crippen LogP contribution in [0.15, 0.2) is 18.2 Å². The van der Waals surface area contributed by atoms with Gasteiger partial charge in [0.15, 0.2) is 11.5 Å². The molecule has 35 heavy (non-hydrogen) atoms. The van der Waals surface area contributed by atoms with Crippen molar-refractivity contribution in [2.75, 3.05) is 6.54 Å². The number of rotatable bonds is 15. The minimum Gasteiger partial charge on any atom is -0.480 e. The van der Waals surface area contributed by atoms with Gasteiger partial charge in [0.2, 0.25) is 0 Å². The summed E-state index contributed by atoms with van der Waals surface area (Å²) in [6.45, 7) is 8.99. The molecule has 0 aromatic heterocycles. The fourth-order valence-corrected chi connectivity index (χ4v) is 2.87. The molecule has 2 N–H and O–H groups in total. The topological polar surface area (TPSA) is 137 Å². The van der Waals surface area contributed by atoms with Crippen LogP contribution >= 0.6 is 0 Å². The van der Waals surface area contributed by atoms with Gasteiger partial charge in [-0.2, -0.15) is 0 Å². The maximum atomic E-state index is 12.0. The minimum atomic E-state index is -1.11. The Morgan fingerprint density at radius 3 is 2.00 bits per heavy atom. The van der Waals surface area contributed by atoms with Crippen LogP contribution in [0.4, 0.5) is 4.79 Å². The first-order valence-corrected chi connectivity index (χ1v) is 12.0. The first kappa shape index (κ1) is 29.9. The van der Waals surface area contributed by atoms with Gasteiger partial charge in [-0.25, -0.2) is 4.79 Å². The number of carbonyl (C=O) groups excluding carboxylic acids is 3. The molecule has 10 heteroatoms. The van der Waals surface area contributed by atoms with E-state index in [0.717, 1.165) is 0 Å². The zero-order chi connectivity index (χ0) is 26.4. The minimum absolute atomic E-state index is 0.0425. The molecule has 0 fully saturated rings. The van der Waals surface area contributed by atoms with E-state index in [1.54, 1.807) is 19.9 Å². The zero-order valence-electron chi connectivity index (χ0n) is 21.1. The monoisotopic (exact) mass is 495 g/mol. The van der Waals surface area contributed by atoms with Crippen molar-refractivity contribution in [2.45, 2.75) is 91.4 Å². The molecule has 1 aromatic carbocycles. The van der Waals surface area contributed by atoms with Crippen LogP contribution in [0.1, 0.15) is 72.3 Å². The molecule has 0 aliphatic heterocycles. The Hall–Kier alpha value is -3.14. The van der Waals surface area contributed by atoms with E-state index in [0.29, 0.717) is 24.8 Å². The predicted molar refractivity (Wildman–Crippen MR) is 127 cm³/mol. The van der Waals surface area contributed by atoms with Gasteiger partial charge in [0.1, 0.15) is 18.2 Å². The first-order valence-electron chi connectivity index (χ1n) is 12.0. The van der Waals surface area contributed by atoms with E-state index in [2.05, 4.69) is 5.32 Å². The molecule has 0 heterocycles. The van der Waals surface area contributed by atoms with Crippen molar-refractivity contribution in [1.82, 2.24) is 5.32 Å². The number of carboxylic acid groups (broad SMARTS) is 1. The number of hydrogen-bond acceptors (Lipinski definition) is 9. The summed E-state index contributed by atoms with van der Waals surface area (Å²) >= 11 is 0. The highest BCUT2D eigenvalue weighted by Gasteiger charge is 2.22. The Bertz CT molecular complexity index is 855. The van der Waals surface area contributed by atoms with Crippen LogP contribution in [0, 0.1) is 0 Å². The summed E-state index contributed by atoms with van der Waals surface area (Å²) in [4.78, 5) is 47.5. The van der Waals surface area contributed by atoms with Gasteiger partial charge in [0.05, 0.1) is 0 Å². The number of carbonyl (C=O) groups is 4. The summed E-state index contributed by atoms with van der Waals surface area (Å²) in [6, 6.07) is 3.56. The molecule has 10 nitrogen and oxygen atoms in total. The van der Waals surface area contributed by atoms with E-state index in [1.807, 2.05) is 20.8 Å². The molecule has 1 rings (SSSR count). The second-order valence-electron chi connectivity index (χ2n) is 8.25. The van der Waals surface area contributed by atoms with Crippen LogP contribution in [0.2, 0.25) is 0 Å². The Morgan fingerprint density at radius 1 is 0.886 bits per heavy atom. The Balaban J connectivity index is 2.90. The van der Waals surface area contributed by atoms with Crippen LogP contribution in [0.3, 0.4) is 0 Å². The van der Waals surface area contributed by atoms with E-state index < -0.39 is 36.2 Å². The number of esters is 2. The molecule has 0 saturated carbocycles. The van der Waals surface area contributed by atoms with E-state index in [4.69, 9.17) is 18.9 Å². The molecule has 1 aromatic rings. The molecule has 0 spiro atoms. The van der Waals surface area contributed by atoms with Crippen molar-refractivity contribution >= 4 is 24.1 Å². The summed E-state index contributed by atoms with van der Waals surface area (Å²) in [7, 11) is 0. The van der Waals surface area contributed by atoms with Gasteiger partial charge in [-0.15, -0.1) is 0 Å². The largest absolute Gasteiger partial charge is 0.508 e. The van der Waals surface area contributed by atoms with Crippen LogP contribution < -0.4 is 14.8 Å². The smallest absolute Gasteiger partial charge is 0.480 e. The van der Waals surface area contributed by atoms with Gasteiger partial charge in [0.25, 0.3) is 0 Å². The molecular formula is C25H37NO9. The van der Waals surface area contributed by atoms with Gasteiger partial charge < -0.3 is 29.4 Å². The Morgan fingerprint density at radius 2 is 1.46 bits per heavy atom. The van der Waals surface area contributed by atoms with Gasteiger partial charge in [-0.3, -0.25) is 14.4 Å². The number of hydrogen-bond donors (Lipinski definition) is 2. The number of aliphatic carboxylic acids is 1. The van der Waals surface area contributed by atoms with E-state index >= 15 is 0 Å². The molecule has 0 radical (unpaired) electrons. The summed E-state index contributed by atoms with van der Waals surface area (Å²) in [6.07, 6.45) is 0.552. The van der Waals surface area contributed by atoms with Crippen molar-refractivity contribution < 1.29 is 43.2 Å². The molecule has 0 aliphatic carbocycles. The third-order valence-corrected chi connectivity index (χ3v) is 4.92. The summed E-state index contributed by atoms with van der Waals surface area (Å²) in [5.74, 6) is -1.90. The van der Waals surface area contributed by atoms with E-state index in [1.165, 1.54) is 12.1 Å². The van der Waals surface area contributed by atoms with E-state index in [-0.39, 0.29) is 43.4 Å². The lowest BCUT2D eigenvalue weighted by molar-refractivity contribution is -0.139. The third-order valence-electron chi connectivity index (χ3n) is 4.92. The van der Waals surface area contributed by atoms with Crippen LogP contribution in [-0.2, 0) is 30.3 Å². The molecule has 2 unspecified atom stereocenters. The number of ether oxygens (including phenoxy) is 4. The predicted octanol–water partition coefficient (Wildman–Crippen LogP) is 4.02. The lowest BCUT2D eigenvalue weighted by atomic mass is 10.0. The van der Waals surface area contributed by atoms with Gasteiger partial charge in [-0.05, 0) is 57.2 Å². The Kier molecular flexibility index (Phi) is 13.4. The molecule has 0 amide bonds. The van der Waals surface area contributed by atoms with Crippen molar-refractivity contribution in [1.29, 1.82) is 0 Å². The number of benzene rings is 1. The average Bonchev–Trinajstić information content (AvgIpc) is 2.78. The third kappa shape index (κ3) is 11.7. The molecule has 196 valence electrons. The zero-order valence-corrected chi connectivity index (χ0v) is 21.1. The highest BCUT2D eigenvalue weighted by atomic mass is 16.7. The second-order valence-corrected chi connectivity index (χ2v) is 8.25. The molecule has 0 saturated heterocycles. The van der Waals surface area contributed by atoms with E-state index in [9.17, 15) is 24.3 Å². The summed E-state index contributed by atoms with van der Waals surface area (Å²) in [5, 5.41) is 12.5. The average molecular weight is 496 g/mol. The summed E-state index contributed by atoms with van der Waals surface area (Å²) < 4.78 is 20.9. The standard InChI is InChI=1S/C25H37NO9/c1-6-9-22(27)34-20-12-11-18(14-21(20)35-23(28)10-7-2)13-19(24(29)30)26-15-17(5)33-25(31)32-16(4)8-3/h11-12,14,16-17,19,26H,6-10,13,15H2,1-5H3,(H,29,30)/t16?,17?,19-/m0/s1. The quantitative estimate of drug-likeness (QED) is 0.271. The van der Waals surface area contributed by atoms with Crippen LogP contribution in [-0.4, -0.2) is 54.0 Å². The van der Waals surface area contributed by atoms with Gasteiger partial charge >= 0.3 is 24.1 Å². The van der Waals surface area contributed by atoms with Crippen LogP contribution in [0.25, 0.3) is 0 Å². The fourth-order valence-electron chi connectivity index (χ4n) is 2.87. The van der Waals surface area contributed by atoms with Crippen molar-refractivity contribution in [3.05, 3.63) is 23.8 Å². The summed E-state index contributed by atoms with van der Waals surface area (Å²) in [5.41, 5.74) is 0.546. The number of carboxylic acids is 1. The Labute approximate surface area is 206 Å². The fraction of sp³-hybridized carbons (Fsp3) is 0.600. The molecule has 0 aliphatic rings. The first-order chi connectivity index (χ1) is 16.6.